The fraction of sp³-hybridized carbons (Fsp3) is 0.174. The van der Waals surface area contributed by atoms with Crippen LogP contribution in [-0.2, 0) is 4.74 Å². The average molecular weight is 512 g/mol. The molecule has 0 saturated heterocycles. The van der Waals surface area contributed by atoms with E-state index < -0.39 is 6.16 Å². The van der Waals surface area contributed by atoms with Crippen molar-refractivity contribution in [1.29, 1.82) is 5.26 Å². The number of nitrogens with one attached hydrogen (secondary N) is 2. The molecule has 3 heterocycles. The fourth-order valence-corrected chi connectivity index (χ4v) is 3.65. The number of hydrogen-bond donors (Lipinski definition) is 2. The van der Waals surface area contributed by atoms with Gasteiger partial charge in [0.1, 0.15) is 17.4 Å². The van der Waals surface area contributed by atoms with E-state index in [1.54, 1.807) is 54.0 Å². The van der Waals surface area contributed by atoms with Crippen LogP contribution in [0.15, 0.2) is 48.8 Å². The van der Waals surface area contributed by atoms with Crippen LogP contribution in [0, 0.1) is 11.3 Å². The Hall–Kier alpha value is -4.07. The normalized spacial score (nSPS) is 10.6. The van der Waals surface area contributed by atoms with E-state index in [2.05, 4.69) is 20.7 Å². The fourth-order valence-electron chi connectivity index (χ4n) is 3.15. The smallest absolute Gasteiger partial charge is 0.434 e. The molecule has 4 rings (SSSR count). The molecular weight excluding hydrogens is 493 g/mol. The summed E-state index contributed by atoms with van der Waals surface area (Å²) in [4.78, 5) is 20.6. The van der Waals surface area contributed by atoms with Crippen molar-refractivity contribution in [3.8, 4) is 23.2 Å². The van der Waals surface area contributed by atoms with E-state index in [0.29, 0.717) is 57.1 Å². The summed E-state index contributed by atoms with van der Waals surface area (Å²) in [6.45, 7) is 2.85. The third kappa shape index (κ3) is 5.90. The summed E-state index contributed by atoms with van der Waals surface area (Å²) in [6, 6.07) is 12.1. The Kier molecular flexibility index (Phi) is 7.50. The summed E-state index contributed by atoms with van der Waals surface area (Å²) in [5.41, 5.74) is 2.26. The summed E-state index contributed by atoms with van der Waals surface area (Å²) < 4.78 is 11.5. The molecule has 3 aromatic heterocycles. The van der Waals surface area contributed by atoms with Gasteiger partial charge in [-0.2, -0.15) is 5.26 Å². The molecule has 0 aliphatic heterocycles. The van der Waals surface area contributed by atoms with Crippen molar-refractivity contribution in [2.75, 3.05) is 30.3 Å². The number of nitriles is 1. The van der Waals surface area contributed by atoms with Crippen molar-refractivity contribution >= 4 is 46.5 Å². The average Bonchev–Trinajstić information content (AvgIpc) is 3.24. The first-order chi connectivity index (χ1) is 17.0. The van der Waals surface area contributed by atoms with Gasteiger partial charge >= 0.3 is 6.16 Å². The SMILES string of the molecule is CCOC(=O)Oc1cc2c(NCCNc3ccc(C#N)cn3)nc(-c3ccc(Cl)cc3Cl)cn2n1. The molecule has 178 valence electrons. The number of rotatable bonds is 8. The number of carbonyl (C=O) groups is 1. The molecule has 0 spiro atoms. The molecule has 35 heavy (non-hydrogen) atoms. The van der Waals surface area contributed by atoms with Crippen molar-refractivity contribution in [2.45, 2.75) is 6.92 Å². The molecule has 0 bridgehead atoms. The van der Waals surface area contributed by atoms with E-state index >= 15 is 0 Å². The van der Waals surface area contributed by atoms with Crippen molar-refractivity contribution < 1.29 is 14.3 Å². The highest BCUT2D eigenvalue weighted by Gasteiger charge is 2.16. The minimum Gasteiger partial charge on any atom is -0.434 e. The van der Waals surface area contributed by atoms with Crippen LogP contribution in [0.25, 0.3) is 16.8 Å². The number of nitrogens with zero attached hydrogens (tertiary/aromatic N) is 5. The Morgan fingerprint density at radius 1 is 1.17 bits per heavy atom. The maximum absolute atomic E-state index is 11.7. The van der Waals surface area contributed by atoms with Crippen molar-refractivity contribution in [3.63, 3.8) is 0 Å². The molecule has 0 amide bonds. The second kappa shape index (κ2) is 10.9. The topological polar surface area (TPSA) is 126 Å². The van der Waals surface area contributed by atoms with E-state index in [1.165, 1.54) is 6.20 Å². The van der Waals surface area contributed by atoms with E-state index in [-0.39, 0.29) is 12.5 Å². The van der Waals surface area contributed by atoms with E-state index in [4.69, 9.17) is 42.9 Å². The largest absolute Gasteiger partial charge is 0.515 e. The van der Waals surface area contributed by atoms with Gasteiger partial charge in [0.25, 0.3) is 0 Å². The summed E-state index contributed by atoms with van der Waals surface area (Å²) in [6.07, 6.45) is 2.32. The van der Waals surface area contributed by atoms with Gasteiger partial charge < -0.3 is 20.1 Å². The summed E-state index contributed by atoms with van der Waals surface area (Å²) in [7, 11) is 0. The maximum Gasteiger partial charge on any atom is 0.515 e. The van der Waals surface area contributed by atoms with Crippen LogP contribution in [0.1, 0.15) is 12.5 Å². The number of pyridine rings is 1. The van der Waals surface area contributed by atoms with Crippen LogP contribution in [-0.4, -0.2) is 45.4 Å². The van der Waals surface area contributed by atoms with Gasteiger partial charge in [-0.3, -0.25) is 0 Å². The first-order valence-electron chi connectivity index (χ1n) is 10.5. The summed E-state index contributed by atoms with van der Waals surface area (Å²) in [5.74, 6) is 1.20. The second-order valence-corrected chi connectivity index (χ2v) is 7.94. The third-order valence-corrected chi connectivity index (χ3v) is 5.25. The predicted molar refractivity (Wildman–Crippen MR) is 132 cm³/mol. The highest BCUT2D eigenvalue weighted by atomic mass is 35.5. The van der Waals surface area contributed by atoms with Crippen LogP contribution >= 0.6 is 23.2 Å². The predicted octanol–water partition coefficient (Wildman–Crippen LogP) is 5.03. The lowest BCUT2D eigenvalue weighted by atomic mass is 10.1. The Morgan fingerprint density at radius 3 is 2.71 bits per heavy atom. The van der Waals surface area contributed by atoms with Crippen molar-refractivity contribution in [3.05, 3.63) is 64.4 Å². The minimum absolute atomic E-state index is 0.0626. The zero-order valence-electron chi connectivity index (χ0n) is 18.5. The molecule has 0 unspecified atom stereocenters. The number of anilines is 2. The zero-order valence-corrected chi connectivity index (χ0v) is 20.0. The highest BCUT2D eigenvalue weighted by molar-refractivity contribution is 6.36. The maximum atomic E-state index is 11.7. The zero-order chi connectivity index (χ0) is 24.8. The Labute approximate surface area is 210 Å². The lowest BCUT2D eigenvalue weighted by Crippen LogP contribution is -2.15. The Morgan fingerprint density at radius 2 is 2.00 bits per heavy atom. The van der Waals surface area contributed by atoms with Gasteiger partial charge in [0, 0.05) is 35.9 Å². The van der Waals surface area contributed by atoms with E-state index in [9.17, 15) is 4.79 Å². The Balaban J connectivity index is 1.58. The van der Waals surface area contributed by atoms with Gasteiger partial charge in [-0.05, 0) is 37.3 Å². The number of aromatic nitrogens is 4. The van der Waals surface area contributed by atoms with E-state index in [1.807, 2.05) is 6.07 Å². The van der Waals surface area contributed by atoms with Gasteiger partial charge in [-0.25, -0.2) is 19.3 Å². The number of fused-ring (bicyclic) bond motifs is 1. The molecule has 0 saturated carbocycles. The van der Waals surface area contributed by atoms with Crippen LogP contribution in [0.3, 0.4) is 0 Å². The van der Waals surface area contributed by atoms with Crippen molar-refractivity contribution in [2.24, 2.45) is 0 Å². The summed E-state index contributed by atoms with van der Waals surface area (Å²) in [5, 5.41) is 20.6. The number of benzene rings is 1. The molecule has 0 fully saturated rings. The molecular formula is C23H19Cl2N7O3. The number of carbonyl (C=O) groups excluding carboxylic acids is 1. The van der Waals surface area contributed by atoms with Gasteiger partial charge in [0.05, 0.1) is 29.1 Å². The lowest BCUT2D eigenvalue weighted by molar-refractivity contribution is 0.102. The molecule has 4 aromatic rings. The first-order valence-corrected chi connectivity index (χ1v) is 11.3. The molecule has 12 heteroatoms. The standard InChI is InChI=1S/C23H19Cl2N7O3/c1-2-34-23(33)35-21-10-19-22(28-8-7-27-20-6-3-14(11-26)12-29-20)30-18(13-32(19)31-21)16-5-4-15(24)9-17(16)25/h3-6,9-10,12-13H,2,7-8H2,1H3,(H,27,29)(H,28,30). The highest BCUT2D eigenvalue weighted by Crippen LogP contribution is 2.31. The second-order valence-electron chi connectivity index (χ2n) is 7.09. The first kappa shape index (κ1) is 24.1. The van der Waals surface area contributed by atoms with Gasteiger partial charge in [-0.1, -0.05) is 23.2 Å². The molecule has 2 N–H and O–H groups in total. The third-order valence-electron chi connectivity index (χ3n) is 4.71. The van der Waals surface area contributed by atoms with Crippen LogP contribution in [0.2, 0.25) is 10.0 Å². The van der Waals surface area contributed by atoms with Crippen LogP contribution < -0.4 is 15.4 Å². The molecule has 0 radical (unpaired) electrons. The number of ether oxygens (including phenoxy) is 2. The van der Waals surface area contributed by atoms with Gasteiger partial charge in [0.15, 0.2) is 5.82 Å². The monoisotopic (exact) mass is 511 g/mol. The molecule has 0 atom stereocenters. The molecule has 0 aliphatic carbocycles. The lowest BCUT2D eigenvalue weighted by Gasteiger charge is -2.11. The molecule has 0 aliphatic rings. The minimum atomic E-state index is -0.849. The summed E-state index contributed by atoms with van der Waals surface area (Å²) >= 11 is 12.4. The number of halogens is 2. The van der Waals surface area contributed by atoms with Gasteiger partial charge in [0.2, 0.25) is 5.88 Å². The Bertz CT molecular complexity index is 1400. The number of hydrogen-bond acceptors (Lipinski definition) is 9. The van der Waals surface area contributed by atoms with Crippen molar-refractivity contribution in [1.82, 2.24) is 19.6 Å². The van der Waals surface area contributed by atoms with Crippen LogP contribution in [0.4, 0.5) is 16.4 Å². The quantitative estimate of drug-likeness (QED) is 0.247. The van der Waals surface area contributed by atoms with E-state index in [0.717, 1.165) is 0 Å². The van der Waals surface area contributed by atoms with Gasteiger partial charge in [-0.15, -0.1) is 5.10 Å². The molecule has 10 nitrogen and oxygen atoms in total. The van der Waals surface area contributed by atoms with Crippen LogP contribution in [0.5, 0.6) is 5.88 Å². The molecule has 1 aromatic carbocycles.